The number of carbonyl (C=O) groups excluding carboxylic acids is 1. The van der Waals surface area contributed by atoms with Gasteiger partial charge in [-0.05, 0) is 61.6 Å². The van der Waals surface area contributed by atoms with Crippen molar-refractivity contribution in [3.05, 3.63) is 35.4 Å². The zero-order chi connectivity index (χ0) is 20.9. The van der Waals surface area contributed by atoms with Gasteiger partial charge in [-0.2, -0.15) is 0 Å². The Morgan fingerprint density at radius 2 is 1.70 bits per heavy atom. The van der Waals surface area contributed by atoms with Crippen molar-refractivity contribution in [3.8, 4) is 0 Å². The summed E-state index contributed by atoms with van der Waals surface area (Å²) in [6, 6.07) is 8.59. The summed E-state index contributed by atoms with van der Waals surface area (Å²) < 4.78 is 27.1. The molecule has 0 bridgehead atoms. The molecule has 7 heteroatoms. The van der Waals surface area contributed by atoms with Crippen molar-refractivity contribution in [1.29, 1.82) is 0 Å². The SMILES string of the molecule is CN1CCN(C(=O)C[C@H]2CC3(CCN(S(=O)(=O)C4CC4)CC3)c3ccccc32)CC1. The van der Waals surface area contributed by atoms with E-state index < -0.39 is 10.0 Å². The monoisotopic (exact) mass is 431 g/mol. The Hall–Kier alpha value is -1.44. The van der Waals surface area contributed by atoms with E-state index in [0.717, 1.165) is 58.3 Å². The van der Waals surface area contributed by atoms with Crippen LogP contribution in [0.1, 0.15) is 55.6 Å². The van der Waals surface area contributed by atoms with Crippen LogP contribution in [0.2, 0.25) is 0 Å². The average molecular weight is 432 g/mol. The summed E-state index contributed by atoms with van der Waals surface area (Å²) in [5.41, 5.74) is 2.71. The lowest BCUT2D eigenvalue weighted by Crippen LogP contribution is -2.47. The van der Waals surface area contributed by atoms with Crippen molar-refractivity contribution < 1.29 is 13.2 Å². The van der Waals surface area contributed by atoms with Gasteiger partial charge in [-0.25, -0.2) is 12.7 Å². The first-order valence-corrected chi connectivity index (χ1v) is 12.9. The van der Waals surface area contributed by atoms with Gasteiger partial charge in [0.1, 0.15) is 0 Å². The van der Waals surface area contributed by atoms with E-state index in [2.05, 4.69) is 36.2 Å². The third-order valence-corrected chi connectivity index (χ3v) is 10.3. The molecule has 3 fully saturated rings. The number of nitrogens with zero attached hydrogens (tertiary/aromatic N) is 3. The van der Waals surface area contributed by atoms with Crippen LogP contribution in [0.5, 0.6) is 0 Å². The standard InChI is InChI=1S/C23H33N3O3S/c1-24-12-14-25(15-13-24)22(27)16-18-17-23(21-5-3-2-4-20(18)21)8-10-26(11-9-23)30(28,29)19-6-7-19/h2-5,18-19H,6-17H2,1H3/t18-/m0/s1. The molecule has 2 aliphatic heterocycles. The minimum absolute atomic E-state index is 0.0270. The van der Waals surface area contributed by atoms with Crippen LogP contribution < -0.4 is 0 Å². The second-order valence-electron chi connectivity index (χ2n) is 9.80. The van der Waals surface area contributed by atoms with Crippen molar-refractivity contribution >= 4 is 15.9 Å². The van der Waals surface area contributed by atoms with Crippen LogP contribution >= 0.6 is 0 Å². The van der Waals surface area contributed by atoms with Gasteiger partial charge < -0.3 is 9.80 Å². The van der Waals surface area contributed by atoms with E-state index in [1.165, 1.54) is 11.1 Å². The lowest BCUT2D eigenvalue weighted by atomic mass is 9.73. The molecule has 6 nitrogen and oxygen atoms in total. The summed E-state index contributed by atoms with van der Waals surface area (Å²) in [5, 5.41) is -0.128. The van der Waals surface area contributed by atoms with Crippen LogP contribution in [0.3, 0.4) is 0 Å². The van der Waals surface area contributed by atoms with Crippen molar-refractivity contribution in [2.75, 3.05) is 46.3 Å². The summed E-state index contributed by atoms with van der Waals surface area (Å²) in [4.78, 5) is 17.3. The number of hydrogen-bond acceptors (Lipinski definition) is 4. The molecule has 1 aromatic carbocycles. The molecular weight excluding hydrogens is 398 g/mol. The molecule has 1 atom stereocenters. The average Bonchev–Trinajstić information content (AvgIpc) is 3.57. The largest absolute Gasteiger partial charge is 0.340 e. The lowest BCUT2D eigenvalue weighted by Gasteiger charge is -2.40. The van der Waals surface area contributed by atoms with Gasteiger partial charge in [0.2, 0.25) is 15.9 Å². The van der Waals surface area contributed by atoms with Crippen LogP contribution in [0, 0.1) is 0 Å². The summed E-state index contributed by atoms with van der Waals surface area (Å²) in [6.45, 7) is 4.77. The molecule has 1 saturated carbocycles. The maximum atomic E-state index is 13.0. The normalized spacial score (nSPS) is 27.4. The molecule has 30 heavy (non-hydrogen) atoms. The molecule has 0 N–H and O–H groups in total. The van der Waals surface area contributed by atoms with Crippen LogP contribution in [0.4, 0.5) is 0 Å². The molecule has 2 saturated heterocycles. The third kappa shape index (κ3) is 3.59. The highest BCUT2D eigenvalue weighted by Crippen LogP contribution is 2.53. The van der Waals surface area contributed by atoms with Crippen LogP contribution in [-0.4, -0.2) is 80.0 Å². The topological polar surface area (TPSA) is 60.9 Å². The molecule has 164 valence electrons. The van der Waals surface area contributed by atoms with Gasteiger partial charge in [0.15, 0.2) is 0 Å². The number of benzene rings is 1. The predicted octanol–water partition coefficient (Wildman–Crippen LogP) is 2.16. The zero-order valence-corrected chi connectivity index (χ0v) is 18.7. The highest BCUT2D eigenvalue weighted by Gasteiger charge is 2.49. The number of likely N-dealkylation sites (N-methyl/N-ethyl adjacent to an activating group) is 1. The van der Waals surface area contributed by atoms with Crippen molar-refractivity contribution in [1.82, 2.24) is 14.1 Å². The number of carbonyl (C=O) groups is 1. The van der Waals surface area contributed by atoms with Crippen molar-refractivity contribution in [2.24, 2.45) is 0 Å². The number of piperidine rings is 1. The Bertz CT molecular complexity index is 911. The molecule has 1 amide bonds. The molecule has 0 radical (unpaired) electrons. The first-order chi connectivity index (χ1) is 14.4. The molecule has 2 heterocycles. The first-order valence-electron chi connectivity index (χ1n) is 11.4. The Morgan fingerprint density at radius 1 is 1.03 bits per heavy atom. The predicted molar refractivity (Wildman–Crippen MR) is 117 cm³/mol. The van der Waals surface area contributed by atoms with E-state index in [9.17, 15) is 13.2 Å². The summed E-state index contributed by atoms with van der Waals surface area (Å²) in [5.74, 6) is 0.522. The molecule has 1 spiro atoms. The minimum atomic E-state index is -3.10. The Morgan fingerprint density at radius 3 is 2.37 bits per heavy atom. The van der Waals surface area contributed by atoms with Crippen LogP contribution in [-0.2, 0) is 20.2 Å². The van der Waals surface area contributed by atoms with Gasteiger partial charge >= 0.3 is 0 Å². The smallest absolute Gasteiger partial charge is 0.223 e. The van der Waals surface area contributed by atoms with Gasteiger partial charge in [-0.1, -0.05) is 24.3 Å². The highest BCUT2D eigenvalue weighted by molar-refractivity contribution is 7.90. The van der Waals surface area contributed by atoms with E-state index >= 15 is 0 Å². The molecular formula is C23H33N3O3S. The molecule has 1 aromatic rings. The second-order valence-corrected chi connectivity index (χ2v) is 12.0. The van der Waals surface area contributed by atoms with E-state index in [1.807, 2.05) is 4.90 Å². The van der Waals surface area contributed by atoms with E-state index in [4.69, 9.17) is 0 Å². The number of amides is 1. The number of hydrogen-bond donors (Lipinski definition) is 0. The second kappa shape index (κ2) is 7.61. The van der Waals surface area contributed by atoms with E-state index in [0.29, 0.717) is 19.5 Å². The fourth-order valence-corrected chi connectivity index (χ4v) is 7.67. The molecule has 0 aromatic heterocycles. The van der Waals surface area contributed by atoms with Gasteiger partial charge in [0.25, 0.3) is 0 Å². The van der Waals surface area contributed by atoms with Gasteiger partial charge in [0, 0.05) is 45.7 Å². The van der Waals surface area contributed by atoms with Crippen LogP contribution in [0.25, 0.3) is 0 Å². The lowest BCUT2D eigenvalue weighted by molar-refractivity contribution is -0.133. The maximum Gasteiger partial charge on any atom is 0.223 e. The van der Waals surface area contributed by atoms with Crippen molar-refractivity contribution in [2.45, 2.75) is 55.1 Å². The third-order valence-electron chi connectivity index (χ3n) is 7.87. The number of sulfonamides is 1. The van der Waals surface area contributed by atoms with Gasteiger partial charge in [-0.3, -0.25) is 4.79 Å². The fraction of sp³-hybridized carbons (Fsp3) is 0.696. The van der Waals surface area contributed by atoms with Crippen LogP contribution in [0.15, 0.2) is 24.3 Å². The van der Waals surface area contributed by atoms with Crippen molar-refractivity contribution in [3.63, 3.8) is 0 Å². The Labute approximate surface area is 180 Å². The van der Waals surface area contributed by atoms with Gasteiger partial charge in [0.05, 0.1) is 5.25 Å². The Balaban J connectivity index is 1.30. The molecule has 4 aliphatic rings. The maximum absolute atomic E-state index is 13.0. The summed E-state index contributed by atoms with van der Waals surface area (Å²) in [7, 11) is -0.990. The number of piperazine rings is 1. The first kappa shape index (κ1) is 20.5. The summed E-state index contributed by atoms with van der Waals surface area (Å²) >= 11 is 0. The highest BCUT2D eigenvalue weighted by atomic mass is 32.2. The molecule has 5 rings (SSSR count). The zero-order valence-electron chi connectivity index (χ0n) is 17.9. The minimum Gasteiger partial charge on any atom is -0.340 e. The molecule has 2 aliphatic carbocycles. The molecule has 0 unspecified atom stereocenters. The van der Waals surface area contributed by atoms with E-state index in [1.54, 1.807) is 4.31 Å². The number of fused-ring (bicyclic) bond motifs is 2. The number of rotatable bonds is 4. The summed E-state index contributed by atoms with van der Waals surface area (Å²) in [6.07, 6.45) is 4.94. The van der Waals surface area contributed by atoms with E-state index in [-0.39, 0.29) is 22.5 Å². The van der Waals surface area contributed by atoms with Gasteiger partial charge in [-0.15, -0.1) is 0 Å². The Kier molecular flexibility index (Phi) is 5.19. The fourth-order valence-electron chi connectivity index (χ4n) is 5.82. The quantitative estimate of drug-likeness (QED) is 0.733.